The van der Waals surface area contributed by atoms with Crippen LogP contribution in [0.1, 0.15) is 33.6 Å². The molecule has 0 aromatic heterocycles. The van der Waals surface area contributed by atoms with Crippen LogP contribution in [0, 0.1) is 0 Å². The van der Waals surface area contributed by atoms with Crippen LogP contribution in [0.5, 0.6) is 0 Å². The van der Waals surface area contributed by atoms with E-state index in [9.17, 15) is 4.79 Å². The molecule has 0 heterocycles. The van der Waals surface area contributed by atoms with Gasteiger partial charge >= 0.3 is 5.97 Å². The van der Waals surface area contributed by atoms with E-state index in [2.05, 4.69) is 0 Å². The summed E-state index contributed by atoms with van der Waals surface area (Å²) in [5.74, 6) is -0.141. The summed E-state index contributed by atoms with van der Waals surface area (Å²) in [5.41, 5.74) is 0. The predicted molar refractivity (Wildman–Crippen MR) is 45.3 cm³/mol. The molecule has 0 bridgehead atoms. The van der Waals surface area contributed by atoms with Gasteiger partial charge in [-0.15, -0.1) is 0 Å². The van der Waals surface area contributed by atoms with E-state index in [1.165, 1.54) is 0 Å². The molecule has 0 saturated heterocycles. The van der Waals surface area contributed by atoms with Crippen LogP contribution >= 0.6 is 0 Å². The number of hydrogen-bond donors (Lipinski definition) is 0. The van der Waals surface area contributed by atoms with Gasteiger partial charge in [0.1, 0.15) is 6.10 Å². The molecular weight excluding hydrogens is 140 g/mol. The van der Waals surface area contributed by atoms with Crippen molar-refractivity contribution in [3.8, 4) is 0 Å². The topological polar surface area (TPSA) is 26.3 Å². The van der Waals surface area contributed by atoms with Crippen molar-refractivity contribution < 1.29 is 9.53 Å². The molecule has 0 aliphatic carbocycles. The lowest BCUT2D eigenvalue weighted by Gasteiger charge is -2.06. The summed E-state index contributed by atoms with van der Waals surface area (Å²) in [5, 5.41) is 0. The molecular formula is C9H16O2. The van der Waals surface area contributed by atoms with Crippen molar-refractivity contribution in [2.75, 3.05) is 0 Å². The smallest absolute Gasteiger partial charge is 0.306 e. The van der Waals surface area contributed by atoms with Crippen molar-refractivity contribution in [2.24, 2.45) is 0 Å². The van der Waals surface area contributed by atoms with Gasteiger partial charge in [-0.25, -0.2) is 0 Å². The molecule has 2 nitrogen and oxygen atoms in total. The van der Waals surface area contributed by atoms with Gasteiger partial charge < -0.3 is 4.74 Å². The van der Waals surface area contributed by atoms with Gasteiger partial charge in [0, 0.05) is 6.42 Å². The van der Waals surface area contributed by atoms with Crippen molar-refractivity contribution >= 4 is 5.97 Å². The SMILES string of the molecule is CC/C=C\C(C)OC(=O)CC. The number of esters is 1. The van der Waals surface area contributed by atoms with E-state index in [1.807, 2.05) is 26.0 Å². The summed E-state index contributed by atoms with van der Waals surface area (Å²) in [6.07, 6.45) is 5.24. The first-order chi connectivity index (χ1) is 5.20. The van der Waals surface area contributed by atoms with Gasteiger partial charge in [0.2, 0.25) is 0 Å². The van der Waals surface area contributed by atoms with Gasteiger partial charge in [-0.3, -0.25) is 4.79 Å². The third kappa shape index (κ3) is 5.64. The molecule has 1 unspecified atom stereocenters. The molecule has 1 atom stereocenters. The Morgan fingerprint density at radius 2 is 2.18 bits per heavy atom. The van der Waals surface area contributed by atoms with E-state index < -0.39 is 0 Å². The molecule has 0 spiro atoms. The van der Waals surface area contributed by atoms with Crippen molar-refractivity contribution in [1.82, 2.24) is 0 Å². The van der Waals surface area contributed by atoms with Crippen LogP contribution in [0.2, 0.25) is 0 Å². The largest absolute Gasteiger partial charge is 0.458 e. The normalized spacial score (nSPS) is 13.4. The zero-order valence-electron chi connectivity index (χ0n) is 7.46. The third-order valence-electron chi connectivity index (χ3n) is 1.25. The highest BCUT2D eigenvalue weighted by Crippen LogP contribution is 1.96. The van der Waals surface area contributed by atoms with Crippen molar-refractivity contribution in [3.05, 3.63) is 12.2 Å². The van der Waals surface area contributed by atoms with Crippen LogP contribution in [0.15, 0.2) is 12.2 Å². The maximum Gasteiger partial charge on any atom is 0.306 e. The minimum Gasteiger partial charge on any atom is -0.458 e. The molecule has 0 aliphatic rings. The monoisotopic (exact) mass is 156 g/mol. The van der Waals surface area contributed by atoms with Crippen molar-refractivity contribution in [3.63, 3.8) is 0 Å². The van der Waals surface area contributed by atoms with E-state index >= 15 is 0 Å². The molecule has 64 valence electrons. The Hall–Kier alpha value is -0.790. The Kier molecular flexibility index (Phi) is 5.53. The van der Waals surface area contributed by atoms with E-state index in [1.54, 1.807) is 6.92 Å². The summed E-state index contributed by atoms with van der Waals surface area (Å²) in [4.78, 5) is 10.7. The summed E-state index contributed by atoms with van der Waals surface area (Å²) in [6.45, 7) is 5.70. The summed E-state index contributed by atoms with van der Waals surface area (Å²) in [7, 11) is 0. The van der Waals surface area contributed by atoms with Gasteiger partial charge in [0.15, 0.2) is 0 Å². The van der Waals surface area contributed by atoms with Gasteiger partial charge in [-0.1, -0.05) is 19.9 Å². The number of allylic oxidation sites excluding steroid dienone is 1. The fraction of sp³-hybridized carbons (Fsp3) is 0.667. The second-order valence-corrected chi connectivity index (χ2v) is 2.38. The molecule has 0 amide bonds. The number of carbonyl (C=O) groups excluding carboxylic acids is 1. The third-order valence-corrected chi connectivity index (χ3v) is 1.25. The van der Waals surface area contributed by atoms with Gasteiger partial charge in [-0.2, -0.15) is 0 Å². The maximum atomic E-state index is 10.7. The van der Waals surface area contributed by atoms with Gasteiger partial charge in [0.05, 0.1) is 0 Å². The van der Waals surface area contributed by atoms with E-state index in [4.69, 9.17) is 4.74 Å². The Morgan fingerprint density at radius 3 is 2.64 bits per heavy atom. The highest BCUT2D eigenvalue weighted by Gasteiger charge is 2.01. The first-order valence-electron chi connectivity index (χ1n) is 4.06. The summed E-state index contributed by atoms with van der Waals surface area (Å²) >= 11 is 0. The minimum atomic E-state index is -0.141. The zero-order chi connectivity index (χ0) is 8.69. The first kappa shape index (κ1) is 10.2. The van der Waals surface area contributed by atoms with Crippen molar-refractivity contribution in [2.45, 2.75) is 39.7 Å². The number of hydrogen-bond acceptors (Lipinski definition) is 2. The first-order valence-corrected chi connectivity index (χ1v) is 4.06. The number of carbonyl (C=O) groups is 1. The van der Waals surface area contributed by atoms with Crippen LogP contribution in [0.3, 0.4) is 0 Å². The molecule has 0 aromatic carbocycles. The molecule has 0 saturated carbocycles. The average molecular weight is 156 g/mol. The Balaban J connectivity index is 3.59. The second-order valence-electron chi connectivity index (χ2n) is 2.38. The minimum absolute atomic E-state index is 0.0811. The average Bonchev–Trinajstić information content (AvgIpc) is 2.00. The maximum absolute atomic E-state index is 10.7. The molecule has 0 rings (SSSR count). The Labute approximate surface area is 68.2 Å². The lowest BCUT2D eigenvalue weighted by Crippen LogP contribution is -2.10. The van der Waals surface area contributed by atoms with Crippen LogP contribution in [0.25, 0.3) is 0 Å². The predicted octanol–water partition coefficient (Wildman–Crippen LogP) is 2.29. The lowest BCUT2D eigenvalue weighted by molar-refractivity contribution is -0.145. The molecule has 2 heteroatoms. The fourth-order valence-electron chi connectivity index (χ4n) is 0.658. The summed E-state index contributed by atoms with van der Waals surface area (Å²) in [6, 6.07) is 0. The molecule has 0 fully saturated rings. The zero-order valence-corrected chi connectivity index (χ0v) is 7.46. The standard InChI is InChI=1S/C9H16O2/c1-4-6-7-8(3)11-9(10)5-2/h6-8H,4-5H2,1-3H3/b7-6-. The summed E-state index contributed by atoms with van der Waals surface area (Å²) < 4.78 is 4.98. The Morgan fingerprint density at radius 1 is 1.55 bits per heavy atom. The van der Waals surface area contributed by atoms with Crippen LogP contribution in [0.4, 0.5) is 0 Å². The molecule has 11 heavy (non-hydrogen) atoms. The highest BCUT2D eigenvalue weighted by atomic mass is 16.5. The lowest BCUT2D eigenvalue weighted by atomic mass is 10.3. The molecule has 0 N–H and O–H groups in total. The van der Waals surface area contributed by atoms with Crippen LogP contribution in [-0.4, -0.2) is 12.1 Å². The second kappa shape index (κ2) is 5.96. The van der Waals surface area contributed by atoms with E-state index in [0.29, 0.717) is 6.42 Å². The van der Waals surface area contributed by atoms with Gasteiger partial charge in [-0.05, 0) is 19.4 Å². The van der Waals surface area contributed by atoms with Crippen LogP contribution in [-0.2, 0) is 9.53 Å². The fourth-order valence-corrected chi connectivity index (χ4v) is 0.658. The molecule has 0 radical (unpaired) electrons. The number of ether oxygens (including phenoxy) is 1. The van der Waals surface area contributed by atoms with E-state index in [-0.39, 0.29) is 12.1 Å². The molecule has 0 aromatic rings. The van der Waals surface area contributed by atoms with Crippen LogP contribution < -0.4 is 0 Å². The quantitative estimate of drug-likeness (QED) is 0.461. The highest BCUT2D eigenvalue weighted by molar-refractivity contribution is 5.69. The molecule has 0 aliphatic heterocycles. The van der Waals surface area contributed by atoms with Crippen molar-refractivity contribution in [1.29, 1.82) is 0 Å². The Bertz CT molecular complexity index is 138. The van der Waals surface area contributed by atoms with E-state index in [0.717, 1.165) is 6.42 Å². The van der Waals surface area contributed by atoms with Gasteiger partial charge in [0.25, 0.3) is 0 Å². The number of rotatable bonds is 4.